The van der Waals surface area contributed by atoms with Crippen molar-refractivity contribution in [1.82, 2.24) is 15.5 Å². The number of rotatable bonds is 7. The van der Waals surface area contributed by atoms with Gasteiger partial charge in [-0.25, -0.2) is 0 Å². The molecule has 0 aromatic heterocycles. The lowest BCUT2D eigenvalue weighted by Crippen LogP contribution is -2.53. The number of hydrogen-bond acceptors (Lipinski definition) is 3. The molecule has 0 bridgehead atoms. The van der Waals surface area contributed by atoms with Crippen molar-refractivity contribution in [2.45, 2.75) is 25.8 Å². The zero-order chi connectivity index (χ0) is 22.2. The quantitative estimate of drug-likeness (QED) is 0.678. The predicted octanol–water partition coefficient (Wildman–Crippen LogP) is 2.95. The van der Waals surface area contributed by atoms with Gasteiger partial charge in [-0.05, 0) is 49.9 Å². The van der Waals surface area contributed by atoms with Crippen LogP contribution in [0.1, 0.15) is 39.1 Å². The van der Waals surface area contributed by atoms with Crippen molar-refractivity contribution in [3.63, 3.8) is 0 Å². The molecule has 1 heterocycles. The van der Waals surface area contributed by atoms with Gasteiger partial charge in [0, 0.05) is 30.8 Å². The first kappa shape index (κ1) is 22.3. The summed E-state index contributed by atoms with van der Waals surface area (Å²) in [4.78, 5) is 40.1. The number of aryl methyl sites for hydroxylation is 1. The molecule has 1 fully saturated rings. The molecule has 162 valence electrons. The fraction of sp³-hybridized carbons (Fsp3) is 0.320. The van der Waals surface area contributed by atoms with Gasteiger partial charge >= 0.3 is 0 Å². The molecule has 6 nitrogen and oxygen atoms in total. The highest BCUT2D eigenvalue weighted by atomic mass is 16.2. The van der Waals surface area contributed by atoms with Crippen molar-refractivity contribution < 1.29 is 14.4 Å². The molecule has 1 aliphatic rings. The summed E-state index contributed by atoms with van der Waals surface area (Å²) in [5, 5.41) is 5.71. The summed E-state index contributed by atoms with van der Waals surface area (Å²) < 4.78 is 0. The summed E-state index contributed by atoms with van der Waals surface area (Å²) in [6.07, 6.45) is 2.88. The molecule has 6 heteroatoms. The summed E-state index contributed by atoms with van der Waals surface area (Å²) in [5.74, 6) is -0.563. The van der Waals surface area contributed by atoms with Crippen LogP contribution in [0.2, 0.25) is 0 Å². The average Bonchev–Trinajstić information content (AvgIpc) is 2.81. The number of amides is 3. The minimum Gasteiger partial charge on any atom is -0.351 e. The molecule has 2 N–H and O–H groups in total. The molecule has 0 spiro atoms. The topological polar surface area (TPSA) is 78.5 Å². The van der Waals surface area contributed by atoms with E-state index in [4.69, 9.17) is 0 Å². The first-order chi connectivity index (χ1) is 15.0. The maximum absolute atomic E-state index is 12.8. The van der Waals surface area contributed by atoms with Crippen LogP contribution in [0.5, 0.6) is 0 Å². The molecule has 2 aromatic carbocycles. The maximum atomic E-state index is 12.8. The van der Waals surface area contributed by atoms with Gasteiger partial charge in [-0.1, -0.05) is 42.0 Å². The third-order valence-electron chi connectivity index (χ3n) is 5.59. The highest BCUT2D eigenvalue weighted by Gasteiger charge is 2.34. The average molecular weight is 420 g/mol. The first-order valence-corrected chi connectivity index (χ1v) is 10.6. The second-order valence-electron chi connectivity index (χ2n) is 7.85. The molecule has 1 aliphatic heterocycles. The standard InChI is InChI=1S/C25H29N3O3/c1-3-14-26-24(30)22(27-23(29)20-9-5-4-6-10-20)19-12-15-28(16-13-19)25(31)21-11-7-8-18(2)17-21/h3-11,17,19,22H,1,12-16H2,2H3,(H,26,30)(H,27,29)/t22-/m1/s1. The molecular weight excluding hydrogens is 390 g/mol. The van der Waals surface area contributed by atoms with Crippen molar-refractivity contribution in [2.75, 3.05) is 19.6 Å². The number of likely N-dealkylation sites (tertiary alicyclic amines) is 1. The third kappa shape index (κ3) is 5.81. The van der Waals surface area contributed by atoms with Crippen LogP contribution in [-0.4, -0.2) is 48.3 Å². The number of nitrogens with one attached hydrogen (secondary N) is 2. The highest BCUT2D eigenvalue weighted by Crippen LogP contribution is 2.23. The Morgan fingerprint density at radius 1 is 1.06 bits per heavy atom. The van der Waals surface area contributed by atoms with Crippen LogP contribution in [0.25, 0.3) is 0 Å². The number of benzene rings is 2. The second kappa shape index (κ2) is 10.6. The van der Waals surface area contributed by atoms with Crippen LogP contribution in [-0.2, 0) is 4.79 Å². The Morgan fingerprint density at radius 3 is 2.39 bits per heavy atom. The van der Waals surface area contributed by atoms with E-state index in [0.717, 1.165) is 5.56 Å². The monoisotopic (exact) mass is 419 g/mol. The lowest BCUT2D eigenvalue weighted by molar-refractivity contribution is -0.124. The van der Waals surface area contributed by atoms with Gasteiger partial charge < -0.3 is 15.5 Å². The number of hydrogen-bond donors (Lipinski definition) is 2. The maximum Gasteiger partial charge on any atom is 0.253 e. The van der Waals surface area contributed by atoms with E-state index < -0.39 is 6.04 Å². The van der Waals surface area contributed by atoms with E-state index in [9.17, 15) is 14.4 Å². The van der Waals surface area contributed by atoms with E-state index >= 15 is 0 Å². The van der Waals surface area contributed by atoms with Crippen LogP contribution < -0.4 is 10.6 Å². The Kier molecular flexibility index (Phi) is 7.60. The number of carbonyl (C=O) groups is 3. The Morgan fingerprint density at radius 2 is 1.74 bits per heavy atom. The zero-order valence-electron chi connectivity index (χ0n) is 17.8. The Bertz CT molecular complexity index is 934. The molecule has 0 radical (unpaired) electrons. The fourth-order valence-electron chi connectivity index (χ4n) is 3.89. The largest absolute Gasteiger partial charge is 0.351 e. The molecular formula is C25H29N3O3. The molecule has 3 rings (SSSR count). The number of nitrogens with zero attached hydrogens (tertiary/aromatic N) is 1. The van der Waals surface area contributed by atoms with Crippen molar-refractivity contribution in [3.05, 3.63) is 83.9 Å². The summed E-state index contributed by atoms with van der Waals surface area (Å²) in [6.45, 7) is 7.02. The van der Waals surface area contributed by atoms with Crippen LogP contribution >= 0.6 is 0 Å². The van der Waals surface area contributed by atoms with Crippen molar-refractivity contribution in [2.24, 2.45) is 5.92 Å². The third-order valence-corrected chi connectivity index (χ3v) is 5.59. The molecule has 0 aliphatic carbocycles. The lowest BCUT2D eigenvalue weighted by Gasteiger charge is -2.36. The van der Waals surface area contributed by atoms with Gasteiger partial charge in [0.25, 0.3) is 11.8 Å². The zero-order valence-corrected chi connectivity index (χ0v) is 17.8. The highest BCUT2D eigenvalue weighted by molar-refractivity contribution is 5.97. The van der Waals surface area contributed by atoms with Gasteiger partial charge in [0.1, 0.15) is 6.04 Å². The minimum absolute atomic E-state index is 0.00290. The molecule has 2 aromatic rings. The Hall–Kier alpha value is -3.41. The molecule has 1 saturated heterocycles. The van der Waals surface area contributed by atoms with Gasteiger partial charge in [-0.15, -0.1) is 6.58 Å². The first-order valence-electron chi connectivity index (χ1n) is 10.6. The molecule has 0 saturated carbocycles. The van der Waals surface area contributed by atoms with Crippen LogP contribution in [0.3, 0.4) is 0 Å². The number of piperidine rings is 1. The van der Waals surface area contributed by atoms with E-state index in [1.54, 1.807) is 30.3 Å². The second-order valence-corrected chi connectivity index (χ2v) is 7.85. The predicted molar refractivity (Wildman–Crippen MR) is 121 cm³/mol. The van der Waals surface area contributed by atoms with E-state index in [1.165, 1.54) is 0 Å². The molecule has 3 amide bonds. The van der Waals surface area contributed by atoms with Crippen LogP contribution in [0.15, 0.2) is 67.3 Å². The normalized spacial score (nSPS) is 15.1. The molecule has 0 unspecified atom stereocenters. The summed E-state index contributed by atoms with van der Waals surface area (Å²) >= 11 is 0. The fourth-order valence-corrected chi connectivity index (χ4v) is 3.89. The SMILES string of the molecule is C=CCNC(=O)[C@H](NC(=O)c1ccccc1)C1CCN(C(=O)c2cccc(C)c2)CC1. The summed E-state index contributed by atoms with van der Waals surface area (Å²) in [5.41, 5.74) is 2.23. The van der Waals surface area contributed by atoms with Crippen molar-refractivity contribution in [1.29, 1.82) is 0 Å². The van der Waals surface area contributed by atoms with E-state index in [2.05, 4.69) is 17.2 Å². The number of carbonyl (C=O) groups excluding carboxylic acids is 3. The van der Waals surface area contributed by atoms with Crippen LogP contribution in [0, 0.1) is 12.8 Å². The molecule has 1 atom stereocenters. The van der Waals surface area contributed by atoms with Gasteiger partial charge in [0.15, 0.2) is 0 Å². The van der Waals surface area contributed by atoms with Crippen molar-refractivity contribution in [3.8, 4) is 0 Å². The molecule has 31 heavy (non-hydrogen) atoms. The Balaban J connectivity index is 1.67. The van der Waals surface area contributed by atoms with Crippen LogP contribution in [0.4, 0.5) is 0 Å². The minimum atomic E-state index is -0.663. The van der Waals surface area contributed by atoms with Gasteiger partial charge in [-0.3, -0.25) is 14.4 Å². The van der Waals surface area contributed by atoms with E-state index in [1.807, 2.05) is 42.2 Å². The Labute approximate surface area is 183 Å². The van der Waals surface area contributed by atoms with Gasteiger partial charge in [0.2, 0.25) is 5.91 Å². The van der Waals surface area contributed by atoms with E-state index in [0.29, 0.717) is 43.6 Å². The smallest absolute Gasteiger partial charge is 0.253 e. The van der Waals surface area contributed by atoms with Gasteiger partial charge in [-0.2, -0.15) is 0 Å². The summed E-state index contributed by atoms with van der Waals surface area (Å²) in [7, 11) is 0. The summed E-state index contributed by atoms with van der Waals surface area (Å²) in [6, 6.07) is 15.8. The van der Waals surface area contributed by atoms with E-state index in [-0.39, 0.29) is 23.6 Å². The lowest BCUT2D eigenvalue weighted by atomic mass is 9.88. The van der Waals surface area contributed by atoms with Gasteiger partial charge in [0.05, 0.1) is 0 Å². The van der Waals surface area contributed by atoms with Crippen molar-refractivity contribution >= 4 is 17.7 Å².